The SMILES string of the molecule is CCCc1ccc(NC(=O)[C@@H]2CCCN(Cc3nc4ccccc4n3C(C)C)C2)cc1. The highest BCUT2D eigenvalue weighted by Crippen LogP contribution is 2.25. The maximum Gasteiger partial charge on any atom is 0.228 e. The number of piperidine rings is 1. The number of aryl methyl sites for hydroxylation is 1. The Bertz CT molecular complexity index is 1020. The third kappa shape index (κ3) is 4.99. The highest BCUT2D eigenvalue weighted by Gasteiger charge is 2.27. The van der Waals surface area contributed by atoms with E-state index < -0.39 is 0 Å². The zero-order valence-electron chi connectivity index (χ0n) is 19.0. The molecule has 3 aromatic rings. The number of amides is 1. The highest BCUT2D eigenvalue weighted by molar-refractivity contribution is 5.92. The number of imidazole rings is 1. The third-order valence-corrected chi connectivity index (χ3v) is 6.19. The largest absolute Gasteiger partial charge is 0.326 e. The lowest BCUT2D eigenvalue weighted by Crippen LogP contribution is -2.40. The van der Waals surface area contributed by atoms with Crippen LogP contribution in [-0.2, 0) is 17.8 Å². The lowest BCUT2D eigenvalue weighted by Gasteiger charge is -2.32. The van der Waals surface area contributed by atoms with Crippen molar-refractivity contribution in [3.63, 3.8) is 0 Å². The minimum absolute atomic E-state index is 0.0148. The Morgan fingerprint density at radius 1 is 1.16 bits per heavy atom. The minimum Gasteiger partial charge on any atom is -0.326 e. The Hall–Kier alpha value is -2.66. The van der Waals surface area contributed by atoms with E-state index in [4.69, 9.17) is 4.98 Å². The van der Waals surface area contributed by atoms with Gasteiger partial charge in [0, 0.05) is 18.3 Å². The molecule has 4 rings (SSSR count). The molecule has 5 nitrogen and oxygen atoms in total. The van der Waals surface area contributed by atoms with Gasteiger partial charge < -0.3 is 9.88 Å². The van der Waals surface area contributed by atoms with Crippen LogP contribution in [0.1, 0.15) is 57.5 Å². The van der Waals surface area contributed by atoms with Gasteiger partial charge in [0.1, 0.15) is 5.82 Å². The second-order valence-electron chi connectivity index (χ2n) is 8.99. The Morgan fingerprint density at radius 3 is 2.68 bits per heavy atom. The van der Waals surface area contributed by atoms with E-state index in [0.29, 0.717) is 6.04 Å². The van der Waals surface area contributed by atoms with Gasteiger partial charge >= 0.3 is 0 Å². The second kappa shape index (κ2) is 9.65. The molecule has 1 N–H and O–H groups in total. The van der Waals surface area contributed by atoms with Crippen LogP contribution in [0, 0.1) is 5.92 Å². The first-order chi connectivity index (χ1) is 15.0. The fraction of sp³-hybridized carbons (Fsp3) is 0.462. The number of hydrogen-bond donors (Lipinski definition) is 1. The van der Waals surface area contributed by atoms with Crippen molar-refractivity contribution in [3.05, 3.63) is 59.9 Å². The van der Waals surface area contributed by atoms with Crippen LogP contribution < -0.4 is 5.32 Å². The van der Waals surface area contributed by atoms with Crippen LogP contribution in [0.5, 0.6) is 0 Å². The number of carbonyl (C=O) groups is 1. The summed E-state index contributed by atoms with van der Waals surface area (Å²) in [4.78, 5) is 20.2. The van der Waals surface area contributed by atoms with Crippen molar-refractivity contribution in [1.82, 2.24) is 14.5 Å². The first-order valence-corrected chi connectivity index (χ1v) is 11.6. The number of nitrogens with zero attached hydrogens (tertiary/aromatic N) is 3. The zero-order valence-corrected chi connectivity index (χ0v) is 19.0. The summed E-state index contributed by atoms with van der Waals surface area (Å²) in [6.07, 6.45) is 4.19. The average Bonchev–Trinajstić information content (AvgIpc) is 3.13. The summed E-state index contributed by atoms with van der Waals surface area (Å²) >= 11 is 0. The van der Waals surface area contributed by atoms with Crippen LogP contribution in [0.25, 0.3) is 11.0 Å². The van der Waals surface area contributed by atoms with Gasteiger partial charge in [0.05, 0.1) is 23.5 Å². The van der Waals surface area contributed by atoms with E-state index in [2.05, 4.69) is 65.9 Å². The third-order valence-electron chi connectivity index (χ3n) is 6.19. The van der Waals surface area contributed by atoms with Crippen molar-refractivity contribution < 1.29 is 4.79 Å². The number of para-hydroxylation sites is 2. The monoisotopic (exact) mass is 418 g/mol. The molecule has 1 fully saturated rings. The van der Waals surface area contributed by atoms with Crippen LogP contribution in [0.15, 0.2) is 48.5 Å². The molecule has 2 aromatic carbocycles. The molecule has 0 spiro atoms. The van der Waals surface area contributed by atoms with E-state index >= 15 is 0 Å². The fourth-order valence-corrected chi connectivity index (χ4v) is 4.68. The van der Waals surface area contributed by atoms with Gasteiger partial charge in [-0.15, -0.1) is 0 Å². The number of likely N-dealkylation sites (tertiary alicyclic amines) is 1. The van der Waals surface area contributed by atoms with Crippen molar-refractivity contribution in [1.29, 1.82) is 0 Å². The van der Waals surface area contributed by atoms with E-state index in [1.54, 1.807) is 0 Å². The number of fused-ring (bicyclic) bond motifs is 1. The van der Waals surface area contributed by atoms with Gasteiger partial charge in [-0.1, -0.05) is 37.6 Å². The predicted molar refractivity (Wildman–Crippen MR) is 127 cm³/mol. The molecule has 1 aromatic heterocycles. The molecule has 0 bridgehead atoms. The number of nitrogens with one attached hydrogen (secondary N) is 1. The lowest BCUT2D eigenvalue weighted by atomic mass is 9.97. The van der Waals surface area contributed by atoms with Crippen molar-refractivity contribution in [2.24, 2.45) is 5.92 Å². The Balaban J connectivity index is 1.42. The van der Waals surface area contributed by atoms with E-state index in [1.165, 1.54) is 11.1 Å². The molecule has 0 aliphatic carbocycles. The van der Waals surface area contributed by atoms with Gasteiger partial charge in [0.25, 0.3) is 0 Å². The Kier molecular flexibility index (Phi) is 6.71. The van der Waals surface area contributed by atoms with Crippen molar-refractivity contribution in [3.8, 4) is 0 Å². The molecular formula is C26H34N4O. The standard InChI is InChI=1S/C26H34N4O/c1-4-8-20-12-14-22(15-13-20)27-26(31)21-9-7-16-29(17-21)18-25-28-23-10-5-6-11-24(23)30(25)19(2)3/h5-6,10-15,19,21H,4,7-9,16-18H2,1-3H3,(H,27,31)/t21-/m1/s1. The fourth-order valence-electron chi connectivity index (χ4n) is 4.68. The van der Waals surface area contributed by atoms with Crippen LogP contribution in [0.2, 0.25) is 0 Å². The molecule has 164 valence electrons. The summed E-state index contributed by atoms with van der Waals surface area (Å²) in [5, 5.41) is 3.13. The number of benzene rings is 2. The van der Waals surface area contributed by atoms with Crippen LogP contribution in [-0.4, -0.2) is 33.4 Å². The quantitative estimate of drug-likeness (QED) is 0.557. The van der Waals surface area contributed by atoms with E-state index in [1.807, 2.05) is 18.2 Å². The van der Waals surface area contributed by atoms with Gasteiger partial charge in [-0.25, -0.2) is 4.98 Å². The van der Waals surface area contributed by atoms with Crippen LogP contribution in [0.3, 0.4) is 0 Å². The second-order valence-corrected chi connectivity index (χ2v) is 8.99. The summed E-state index contributed by atoms with van der Waals surface area (Å²) in [5.41, 5.74) is 4.44. The van der Waals surface area contributed by atoms with Gasteiger partial charge in [-0.3, -0.25) is 9.69 Å². The number of anilines is 1. The number of aromatic nitrogens is 2. The predicted octanol–water partition coefficient (Wildman–Crippen LogP) is 5.42. The van der Waals surface area contributed by atoms with Crippen molar-refractivity contribution in [2.75, 3.05) is 18.4 Å². The molecule has 0 saturated carbocycles. The molecule has 2 heterocycles. The van der Waals surface area contributed by atoms with Gasteiger partial charge in [-0.05, 0) is 69.5 Å². The molecule has 1 aliphatic rings. The Morgan fingerprint density at radius 2 is 1.94 bits per heavy atom. The van der Waals surface area contributed by atoms with Crippen molar-refractivity contribution >= 4 is 22.6 Å². The molecule has 1 atom stereocenters. The summed E-state index contributed by atoms with van der Waals surface area (Å²) in [6, 6.07) is 17.0. The molecule has 1 amide bonds. The molecule has 1 saturated heterocycles. The lowest BCUT2D eigenvalue weighted by molar-refractivity contribution is -0.121. The first-order valence-electron chi connectivity index (χ1n) is 11.6. The maximum absolute atomic E-state index is 12.9. The number of hydrogen-bond acceptors (Lipinski definition) is 3. The van der Waals surface area contributed by atoms with Gasteiger partial charge in [-0.2, -0.15) is 0 Å². The molecule has 5 heteroatoms. The maximum atomic E-state index is 12.9. The number of rotatable bonds is 7. The molecule has 1 aliphatic heterocycles. The summed E-state index contributed by atoms with van der Waals surface area (Å²) < 4.78 is 2.33. The number of carbonyl (C=O) groups excluding carboxylic acids is 1. The average molecular weight is 419 g/mol. The normalized spacial score (nSPS) is 17.4. The smallest absolute Gasteiger partial charge is 0.228 e. The highest BCUT2D eigenvalue weighted by atomic mass is 16.1. The van der Waals surface area contributed by atoms with Gasteiger partial charge in [0.15, 0.2) is 0 Å². The molecule has 0 radical (unpaired) electrons. The van der Waals surface area contributed by atoms with Crippen LogP contribution in [0.4, 0.5) is 5.69 Å². The molecular weight excluding hydrogens is 384 g/mol. The minimum atomic E-state index is 0.0148. The van der Waals surface area contributed by atoms with E-state index in [-0.39, 0.29) is 11.8 Å². The Labute approximate surface area is 185 Å². The van der Waals surface area contributed by atoms with E-state index in [9.17, 15) is 4.79 Å². The van der Waals surface area contributed by atoms with E-state index in [0.717, 1.165) is 62.3 Å². The molecule has 31 heavy (non-hydrogen) atoms. The first kappa shape index (κ1) is 21.6. The summed E-state index contributed by atoms with van der Waals surface area (Å²) in [5.74, 6) is 1.23. The zero-order chi connectivity index (χ0) is 21.8. The van der Waals surface area contributed by atoms with Crippen LogP contribution >= 0.6 is 0 Å². The van der Waals surface area contributed by atoms with Crippen molar-refractivity contribution in [2.45, 2.75) is 59.0 Å². The molecule has 0 unspecified atom stereocenters. The van der Waals surface area contributed by atoms with Gasteiger partial charge in [0.2, 0.25) is 5.91 Å². The summed E-state index contributed by atoms with van der Waals surface area (Å²) in [6.45, 7) is 9.16. The summed E-state index contributed by atoms with van der Waals surface area (Å²) in [7, 11) is 0. The topological polar surface area (TPSA) is 50.2 Å².